The second-order valence-electron chi connectivity index (χ2n) is 4.18. The number of carbonyl (C=O) groups is 2. The Morgan fingerprint density at radius 1 is 1.20 bits per heavy atom. The Morgan fingerprint density at radius 2 is 1.85 bits per heavy atom. The van der Waals surface area contributed by atoms with E-state index in [0.717, 1.165) is 10.6 Å². The molecule has 1 heterocycles. The Balaban J connectivity index is 2.10. The van der Waals surface area contributed by atoms with Crippen LogP contribution >= 0.6 is 11.3 Å². The molecule has 20 heavy (non-hydrogen) atoms. The van der Waals surface area contributed by atoms with Crippen molar-refractivity contribution in [2.45, 2.75) is 13.8 Å². The number of aromatic nitrogens is 1. The average Bonchev–Trinajstić information content (AvgIpc) is 2.79. The average molecular weight is 290 g/mol. The highest BCUT2D eigenvalue weighted by molar-refractivity contribution is 7.13. The van der Waals surface area contributed by atoms with Gasteiger partial charge in [-0.15, -0.1) is 11.3 Å². The predicted octanol–water partition coefficient (Wildman–Crippen LogP) is 2.80. The molecule has 0 aliphatic heterocycles. The first-order valence-corrected chi connectivity index (χ1v) is 6.76. The van der Waals surface area contributed by atoms with Gasteiger partial charge in [-0.1, -0.05) is 0 Å². The number of anilines is 1. The van der Waals surface area contributed by atoms with Crippen LogP contribution in [0.2, 0.25) is 0 Å². The fourth-order valence-corrected chi connectivity index (χ4v) is 2.37. The maximum atomic E-state index is 12.0. The van der Waals surface area contributed by atoms with Crippen molar-refractivity contribution >= 4 is 28.9 Å². The first-order chi connectivity index (χ1) is 9.51. The standard InChI is InChI=1S/C14H14N2O3S/c1-8-9(2)20-13(15-8)12(17)16-11-6-4-10(5-7-11)14(18)19-3/h4-7H,1-3H3,(H,16,17). The van der Waals surface area contributed by atoms with Crippen LogP contribution in [0.3, 0.4) is 0 Å². The van der Waals surface area contributed by atoms with Gasteiger partial charge >= 0.3 is 5.97 Å². The lowest BCUT2D eigenvalue weighted by Crippen LogP contribution is -2.11. The molecule has 0 saturated heterocycles. The third-order valence-electron chi connectivity index (χ3n) is 2.79. The predicted molar refractivity (Wildman–Crippen MR) is 77.3 cm³/mol. The molecule has 0 unspecified atom stereocenters. The van der Waals surface area contributed by atoms with Crippen LogP contribution in [-0.2, 0) is 4.74 Å². The molecular weight excluding hydrogens is 276 g/mol. The molecule has 0 aliphatic carbocycles. The van der Waals surface area contributed by atoms with E-state index in [0.29, 0.717) is 16.3 Å². The van der Waals surface area contributed by atoms with Crippen molar-refractivity contribution < 1.29 is 14.3 Å². The van der Waals surface area contributed by atoms with E-state index in [1.807, 2.05) is 13.8 Å². The van der Waals surface area contributed by atoms with Gasteiger partial charge in [-0.05, 0) is 38.1 Å². The zero-order chi connectivity index (χ0) is 14.7. The lowest BCUT2D eigenvalue weighted by Gasteiger charge is -2.04. The molecule has 1 aromatic heterocycles. The molecule has 0 aliphatic rings. The van der Waals surface area contributed by atoms with E-state index < -0.39 is 5.97 Å². The van der Waals surface area contributed by atoms with Gasteiger partial charge in [-0.25, -0.2) is 9.78 Å². The summed E-state index contributed by atoms with van der Waals surface area (Å²) in [6.07, 6.45) is 0. The van der Waals surface area contributed by atoms with Gasteiger partial charge in [0.2, 0.25) is 0 Å². The van der Waals surface area contributed by atoms with Crippen LogP contribution in [0.4, 0.5) is 5.69 Å². The van der Waals surface area contributed by atoms with Gasteiger partial charge in [-0.2, -0.15) is 0 Å². The van der Waals surface area contributed by atoms with Gasteiger partial charge in [0.15, 0.2) is 5.01 Å². The van der Waals surface area contributed by atoms with Crippen LogP contribution in [0.5, 0.6) is 0 Å². The number of hydrogen-bond donors (Lipinski definition) is 1. The lowest BCUT2D eigenvalue weighted by atomic mass is 10.2. The highest BCUT2D eigenvalue weighted by Crippen LogP contribution is 2.18. The topological polar surface area (TPSA) is 68.3 Å². The first-order valence-electron chi connectivity index (χ1n) is 5.95. The molecule has 1 N–H and O–H groups in total. The van der Waals surface area contributed by atoms with Crippen LogP contribution in [0, 0.1) is 13.8 Å². The Hall–Kier alpha value is -2.21. The number of ether oxygens (including phenoxy) is 1. The lowest BCUT2D eigenvalue weighted by molar-refractivity contribution is 0.0600. The quantitative estimate of drug-likeness (QED) is 0.883. The zero-order valence-electron chi connectivity index (χ0n) is 11.4. The molecule has 0 spiro atoms. The SMILES string of the molecule is COC(=O)c1ccc(NC(=O)c2nc(C)c(C)s2)cc1. The van der Waals surface area contributed by atoms with E-state index in [2.05, 4.69) is 15.0 Å². The summed E-state index contributed by atoms with van der Waals surface area (Å²) >= 11 is 1.36. The van der Waals surface area contributed by atoms with Crippen molar-refractivity contribution in [2.24, 2.45) is 0 Å². The van der Waals surface area contributed by atoms with Gasteiger partial charge < -0.3 is 10.1 Å². The summed E-state index contributed by atoms with van der Waals surface area (Å²) in [5.74, 6) is -0.661. The van der Waals surface area contributed by atoms with Crippen molar-refractivity contribution in [1.82, 2.24) is 4.98 Å². The summed E-state index contributed by atoms with van der Waals surface area (Å²) in [7, 11) is 1.32. The Bertz CT molecular complexity index is 627. The van der Waals surface area contributed by atoms with E-state index in [-0.39, 0.29) is 5.91 Å². The van der Waals surface area contributed by atoms with Crippen molar-refractivity contribution in [3.8, 4) is 0 Å². The van der Waals surface area contributed by atoms with Crippen LogP contribution in [0.25, 0.3) is 0 Å². The summed E-state index contributed by atoms with van der Waals surface area (Å²) in [6.45, 7) is 3.79. The Kier molecular flexibility index (Phi) is 4.14. The van der Waals surface area contributed by atoms with Crippen LogP contribution in [-0.4, -0.2) is 24.0 Å². The molecule has 5 nitrogen and oxygen atoms in total. The third-order valence-corrected chi connectivity index (χ3v) is 3.86. The number of nitrogens with zero attached hydrogens (tertiary/aromatic N) is 1. The number of carbonyl (C=O) groups excluding carboxylic acids is 2. The monoisotopic (exact) mass is 290 g/mol. The molecule has 2 rings (SSSR count). The van der Waals surface area contributed by atoms with E-state index in [1.165, 1.54) is 18.4 Å². The minimum absolute atomic E-state index is 0.253. The molecule has 104 valence electrons. The van der Waals surface area contributed by atoms with Gasteiger partial charge in [0.25, 0.3) is 5.91 Å². The van der Waals surface area contributed by atoms with Crippen LogP contribution in [0.1, 0.15) is 30.7 Å². The van der Waals surface area contributed by atoms with Crippen molar-refractivity contribution in [3.63, 3.8) is 0 Å². The molecule has 1 aromatic carbocycles. The third kappa shape index (κ3) is 3.03. The molecule has 0 bridgehead atoms. The fraction of sp³-hybridized carbons (Fsp3) is 0.214. The van der Waals surface area contributed by atoms with Gasteiger partial charge in [-0.3, -0.25) is 4.79 Å². The Morgan fingerprint density at radius 3 is 2.35 bits per heavy atom. The second kappa shape index (κ2) is 5.83. The van der Waals surface area contributed by atoms with Crippen molar-refractivity contribution in [2.75, 3.05) is 12.4 Å². The van der Waals surface area contributed by atoms with Gasteiger partial charge in [0.1, 0.15) is 0 Å². The number of benzene rings is 1. The number of thiazole rings is 1. The molecule has 6 heteroatoms. The number of rotatable bonds is 3. The summed E-state index contributed by atoms with van der Waals surface area (Å²) in [5, 5.41) is 3.17. The number of hydrogen-bond acceptors (Lipinski definition) is 5. The minimum Gasteiger partial charge on any atom is -0.465 e. The second-order valence-corrected chi connectivity index (χ2v) is 5.39. The van der Waals surface area contributed by atoms with Gasteiger partial charge in [0, 0.05) is 10.6 Å². The van der Waals surface area contributed by atoms with E-state index in [1.54, 1.807) is 24.3 Å². The zero-order valence-corrected chi connectivity index (χ0v) is 12.2. The van der Waals surface area contributed by atoms with E-state index in [9.17, 15) is 9.59 Å². The smallest absolute Gasteiger partial charge is 0.337 e. The maximum Gasteiger partial charge on any atom is 0.337 e. The normalized spacial score (nSPS) is 10.2. The van der Waals surface area contributed by atoms with Gasteiger partial charge in [0.05, 0.1) is 18.4 Å². The van der Waals surface area contributed by atoms with Crippen LogP contribution < -0.4 is 5.32 Å². The molecule has 1 amide bonds. The van der Waals surface area contributed by atoms with E-state index >= 15 is 0 Å². The van der Waals surface area contributed by atoms with Crippen molar-refractivity contribution in [3.05, 3.63) is 45.4 Å². The maximum absolute atomic E-state index is 12.0. The number of nitrogens with one attached hydrogen (secondary N) is 1. The molecule has 0 radical (unpaired) electrons. The number of esters is 1. The first kappa shape index (κ1) is 14.2. The van der Waals surface area contributed by atoms with Crippen molar-refractivity contribution in [1.29, 1.82) is 0 Å². The minimum atomic E-state index is -0.408. The molecule has 2 aromatic rings. The number of amides is 1. The highest BCUT2D eigenvalue weighted by Gasteiger charge is 2.13. The molecule has 0 fully saturated rings. The number of aryl methyl sites for hydroxylation is 2. The Labute approximate surface area is 120 Å². The highest BCUT2D eigenvalue weighted by atomic mass is 32.1. The molecule has 0 atom stereocenters. The van der Waals surface area contributed by atoms with E-state index in [4.69, 9.17) is 0 Å². The summed E-state index contributed by atoms with van der Waals surface area (Å²) in [6, 6.07) is 6.49. The number of methoxy groups -OCH3 is 1. The molecule has 0 saturated carbocycles. The fourth-order valence-electron chi connectivity index (χ4n) is 1.56. The summed E-state index contributed by atoms with van der Waals surface area (Å²) < 4.78 is 4.61. The summed E-state index contributed by atoms with van der Waals surface area (Å²) in [5.41, 5.74) is 1.90. The molecular formula is C14H14N2O3S. The summed E-state index contributed by atoms with van der Waals surface area (Å²) in [4.78, 5) is 28.5. The van der Waals surface area contributed by atoms with Crippen LogP contribution in [0.15, 0.2) is 24.3 Å². The largest absolute Gasteiger partial charge is 0.465 e.